The molecule has 0 aromatic rings. The predicted octanol–water partition coefficient (Wildman–Crippen LogP) is 3.42. The maximum atomic E-state index is 9.76. The molecule has 0 radical (unpaired) electrons. The molecule has 1 rings (SSSR count). The maximum absolute atomic E-state index is 9.76. The topological polar surface area (TPSA) is 35.5 Å². The van der Waals surface area contributed by atoms with Crippen LogP contribution in [0.1, 0.15) is 72.6 Å². The highest BCUT2D eigenvalue weighted by Crippen LogP contribution is 2.34. The second-order valence-corrected chi connectivity index (χ2v) is 7.33. The first-order valence-electron chi connectivity index (χ1n) is 9.11. The van der Waals surface area contributed by atoms with Gasteiger partial charge in [-0.2, -0.15) is 0 Å². The molecule has 0 aromatic carbocycles. The highest BCUT2D eigenvalue weighted by Gasteiger charge is 2.29. The van der Waals surface area contributed by atoms with Crippen molar-refractivity contribution < 1.29 is 5.11 Å². The lowest BCUT2D eigenvalue weighted by Crippen LogP contribution is -2.49. The van der Waals surface area contributed by atoms with Gasteiger partial charge in [0.2, 0.25) is 0 Å². The number of aliphatic hydroxyl groups excluding tert-OH is 1. The Morgan fingerprint density at radius 2 is 1.86 bits per heavy atom. The highest BCUT2D eigenvalue weighted by atomic mass is 16.3. The van der Waals surface area contributed by atoms with Crippen LogP contribution in [0, 0.1) is 5.41 Å². The van der Waals surface area contributed by atoms with E-state index in [1.807, 2.05) is 0 Å². The number of piperidine rings is 1. The maximum Gasteiger partial charge on any atom is 0.0613 e. The van der Waals surface area contributed by atoms with E-state index in [0.717, 1.165) is 25.8 Å². The quantitative estimate of drug-likeness (QED) is 0.649. The molecule has 0 bridgehead atoms. The van der Waals surface area contributed by atoms with E-state index in [9.17, 15) is 5.11 Å². The van der Waals surface area contributed by atoms with Crippen LogP contribution in [0.15, 0.2) is 0 Å². The van der Waals surface area contributed by atoms with E-state index in [1.165, 1.54) is 45.3 Å². The molecule has 1 fully saturated rings. The molecule has 21 heavy (non-hydrogen) atoms. The van der Waals surface area contributed by atoms with E-state index in [2.05, 4.69) is 37.9 Å². The van der Waals surface area contributed by atoms with Gasteiger partial charge in [0.1, 0.15) is 0 Å². The van der Waals surface area contributed by atoms with Crippen LogP contribution in [-0.4, -0.2) is 48.3 Å². The largest absolute Gasteiger partial charge is 0.394 e. The van der Waals surface area contributed by atoms with Crippen molar-refractivity contribution in [3.63, 3.8) is 0 Å². The summed E-state index contributed by atoms with van der Waals surface area (Å²) in [5, 5.41) is 13.3. The first kappa shape index (κ1) is 18.9. The Hall–Kier alpha value is -0.120. The van der Waals surface area contributed by atoms with Crippen LogP contribution >= 0.6 is 0 Å². The number of nitrogens with zero attached hydrogens (tertiary/aromatic N) is 1. The third-order valence-corrected chi connectivity index (χ3v) is 5.78. The summed E-state index contributed by atoms with van der Waals surface area (Å²) in [5.74, 6) is 0. The number of rotatable bonds is 10. The standard InChI is InChI=1S/C18H38N2O/c1-5-12-19-18(7-3,16-21)9-8-13-20-14-10-17(4,6-2)11-15-20/h19,21H,5-16H2,1-4H3. The van der Waals surface area contributed by atoms with Crippen molar-refractivity contribution in [1.82, 2.24) is 10.2 Å². The Labute approximate surface area is 132 Å². The van der Waals surface area contributed by atoms with Crippen LogP contribution in [-0.2, 0) is 0 Å². The zero-order chi connectivity index (χ0) is 15.8. The highest BCUT2D eigenvalue weighted by molar-refractivity contribution is 4.87. The molecule has 0 aromatic heterocycles. The minimum Gasteiger partial charge on any atom is -0.394 e. The normalized spacial score (nSPS) is 22.1. The molecule has 3 nitrogen and oxygen atoms in total. The summed E-state index contributed by atoms with van der Waals surface area (Å²) in [6.45, 7) is 14.1. The first-order chi connectivity index (χ1) is 10.0. The van der Waals surface area contributed by atoms with Crippen LogP contribution in [0.25, 0.3) is 0 Å². The Balaban J connectivity index is 2.31. The molecule has 1 aliphatic rings. The minimum absolute atomic E-state index is 0.0519. The van der Waals surface area contributed by atoms with Gasteiger partial charge in [0, 0.05) is 5.54 Å². The van der Waals surface area contributed by atoms with Crippen molar-refractivity contribution in [3.8, 4) is 0 Å². The molecule has 0 spiro atoms. The third kappa shape index (κ3) is 5.88. The van der Waals surface area contributed by atoms with Crippen LogP contribution in [0.4, 0.5) is 0 Å². The van der Waals surface area contributed by atoms with Crippen LogP contribution < -0.4 is 5.32 Å². The van der Waals surface area contributed by atoms with Gasteiger partial charge in [0.25, 0.3) is 0 Å². The molecule has 1 heterocycles. The van der Waals surface area contributed by atoms with Crippen molar-refractivity contribution in [2.75, 3.05) is 32.8 Å². The average Bonchev–Trinajstić information content (AvgIpc) is 2.53. The van der Waals surface area contributed by atoms with Gasteiger partial charge in [-0.3, -0.25) is 0 Å². The van der Waals surface area contributed by atoms with Crippen molar-refractivity contribution in [2.45, 2.75) is 78.2 Å². The number of likely N-dealkylation sites (tertiary alicyclic amines) is 1. The predicted molar refractivity (Wildman–Crippen MR) is 91.7 cm³/mol. The Morgan fingerprint density at radius 1 is 1.19 bits per heavy atom. The van der Waals surface area contributed by atoms with Crippen molar-refractivity contribution in [2.24, 2.45) is 5.41 Å². The zero-order valence-corrected chi connectivity index (χ0v) is 14.9. The summed E-state index contributed by atoms with van der Waals surface area (Å²) in [6.07, 6.45) is 8.41. The number of hydrogen-bond donors (Lipinski definition) is 2. The van der Waals surface area contributed by atoms with Crippen LogP contribution in [0.3, 0.4) is 0 Å². The fraction of sp³-hybridized carbons (Fsp3) is 1.00. The summed E-state index contributed by atoms with van der Waals surface area (Å²) < 4.78 is 0. The molecule has 126 valence electrons. The van der Waals surface area contributed by atoms with E-state index in [0.29, 0.717) is 5.41 Å². The summed E-state index contributed by atoms with van der Waals surface area (Å²) >= 11 is 0. The van der Waals surface area contributed by atoms with Gasteiger partial charge in [0.15, 0.2) is 0 Å². The van der Waals surface area contributed by atoms with Crippen LogP contribution in [0.5, 0.6) is 0 Å². The van der Waals surface area contributed by atoms with E-state index in [-0.39, 0.29) is 12.1 Å². The molecule has 1 unspecified atom stereocenters. The summed E-state index contributed by atoms with van der Waals surface area (Å²) in [6, 6.07) is 0. The molecule has 1 saturated heterocycles. The number of nitrogens with one attached hydrogen (secondary N) is 1. The van der Waals surface area contributed by atoms with Gasteiger partial charge in [-0.25, -0.2) is 0 Å². The molecule has 1 aliphatic heterocycles. The van der Waals surface area contributed by atoms with E-state index in [4.69, 9.17) is 0 Å². The molecular formula is C18H38N2O. The Kier molecular flexibility index (Phi) is 8.22. The molecular weight excluding hydrogens is 260 g/mol. The second kappa shape index (κ2) is 9.12. The smallest absolute Gasteiger partial charge is 0.0613 e. The van der Waals surface area contributed by atoms with Gasteiger partial charge in [0.05, 0.1) is 6.61 Å². The monoisotopic (exact) mass is 298 g/mol. The molecule has 0 amide bonds. The van der Waals surface area contributed by atoms with Gasteiger partial charge in [-0.05, 0) is 70.1 Å². The lowest BCUT2D eigenvalue weighted by Gasteiger charge is -2.39. The van der Waals surface area contributed by atoms with Gasteiger partial charge in [-0.15, -0.1) is 0 Å². The van der Waals surface area contributed by atoms with Crippen LogP contribution in [0.2, 0.25) is 0 Å². The lowest BCUT2D eigenvalue weighted by molar-refractivity contribution is 0.103. The molecule has 2 N–H and O–H groups in total. The van der Waals surface area contributed by atoms with Crippen molar-refractivity contribution in [1.29, 1.82) is 0 Å². The first-order valence-corrected chi connectivity index (χ1v) is 9.11. The Bertz CT molecular complexity index is 268. The van der Waals surface area contributed by atoms with E-state index < -0.39 is 0 Å². The molecule has 0 saturated carbocycles. The van der Waals surface area contributed by atoms with E-state index in [1.54, 1.807) is 0 Å². The van der Waals surface area contributed by atoms with Gasteiger partial charge < -0.3 is 15.3 Å². The average molecular weight is 299 g/mol. The zero-order valence-electron chi connectivity index (χ0n) is 14.9. The number of hydrogen-bond acceptors (Lipinski definition) is 3. The SMILES string of the molecule is CCCNC(CC)(CO)CCCN1CCC(C)(CC)CC1. The lowest BCUT2D eigenvalue weighted by atomic mass is 9.78. The summed E-state index contributed by atoms with van der Waals surface area (Å²) in [5.41, 5.74) is 0.529. The molecule has 3 heteroatoms. The van der Waals surface area contributed by atoms with Crippen molar-refractivity contribution >= 4 is 0 Å². The van der Waals surface area contributed by atoms with Gasteiger partial charge >= 0.3 is 0 Å². The Morgan fingerprint density at radius 3 is 2.33 bits per heavy atom. The molecule has 1 atom stereocenters. The fourth-order valence-corrected chi connectivity index (χ4v) is 3.34. The fourth-order valence-electron chi connectivity index (χ4n) is 3.34. The third-order valence-electron chi connectivity index (χ3n) is 5.78. The summed E-state index contributed by atoms with van der Waals surface area (Å²) in [7, 11) is 0. The van der Waals surface area contributed by atoms with Gasteiger partial charge in [-0.1, -0.05) is 34.1 Å². The van der Waals surface area contributed by atoms with E-state index >= 15 is 0 Å². The number of aliphatic hydroxyl groups is 1. The van der Waals surface area contributed by atoms with Crippen molar-refractivity contribution in [3.05, 3.63) is 0 Å². The second-order valence-electron chi connectivity index (χ2n) is 7.33. The minimum atomic E-state index is -0.0519. The molecule has 0 aliphatic carbocycles. The summed E-state index contributed by atoms with van der Waals surface area (Å²) in [4.78, 5) is 2.62.